The molecule has 1 heterocycles. The molecule has 0 amide bonds. The molecule has 0 unspecified atom stereocenters. The maximum Gasteiger partial charge on any atom is 0.446 e. The highest BCUT2D eigenvalue weighted by molar-refractivity contribution is 8.00. The molecule has 0 fully saturated rings. The summed E-state index contributed by atoms with van der Waals surface area (Å²) in [7, 11) is 0. The first kappa shape index (κ1) is 14.2. The minimum atomic E-state index is -4.36. The topological polar surface area (TPSA) is 46.2 Å². The highest BCUT2D eigenvalue weighted by atomic mass is 32.2. The van der Waals surface area contributed by atoms with Crippen LogP contribution in [0.1, 0.15) is 16.5 Å². The van der Waals surface area contributed by atoms with Crippen molar-refractivity contribution in [2.75, 3.05) is 0 Å². The fraction of sp³-hybridized carbons (Fsp3) is 0.167. The number of phenols is 1. The van der Waals surface area contributed by atoms with Crippen molar-refractivity contribution in [3.63, 3.8) is 0 Å². The van der Waals surface area contributed by atoms with Crippen LogP contribution in [0, 0.1) is 0 Å². The van der Waals surface area contributed by atoms with Gasteiger partial charge in [0.1, 0.15) is 5.75 Å². The minimum Gasteiger partial charge on any atom is -0.508 e. The second-order valence-corrected chi connectivity index (χ2v) is 5.88. The van der Waals surface area contributed by atoms with Crippen LogP contribution in [-0.4, -0.2) is 10.6 Å². The van der Waals surface area contributed by atoms with Crippen LogP contribution in [0.2, 0.25) is 0 Å². The summed E-state index contributed by atoms with van der Waals surface area (Å²) in [5, 5.41) is 11.6. The van der Waals surface area contributed by atoms with E-state index in [-0.39, 0.29) is 28.0 Å². The van der Waals surface area contributed by atoms with Crippen LogP contribution in [0.5, 0.6) is 5.75 Å². The second kappa shape index (κ2) is 5.44. The molecular formula is C12H10F3NOS2. The Balaban J connectivity index is 2.32. The highest BCUT2D eigenvalue weighted by Crippen LogP contribution is 2.40. The maximum absolute atomic E-state index is 12.3. The summed E-state index contributed by atoms with van der Waals surface area (Å²) in [6.07, 6.45) is 0. The van der Waals surface area contributed by atoms with Gasteiger partial charge < -0.3 is 10.8 Å². The fourth-order valence-corrected chi connectivity index (χ4v) is 2.93. The first-order valence-corrected chi connectivity index (χ1v) is 6.94. The van der Waals surface area contributed by atoms with Crippen molar-refractivity contribution < 1.29 is 18.3 Å². The molecule has 7 heteroatoms. The Kier molecular flexibility index (Phi) is 4.07. The standard InChI is InChI=1S/C12H10F3NOS2/c13-12(14,15)19-7-3-4-9(17)8(6-7)11(16)10-2-1-5-18-10/h1-6,11,17H,16H2/t11-/m1/s1. The first-order valence-electron chi connectivity index (χ1n) is 5.24. The molecule has 0 aliphatic carbocycles. The van der Waals surface area contributed by atoms with Crippen molar-refractivity contribution in [2.24, 2.45) is 5.73 Å². The highest BCUT2D eigenvalue weighted by Gasteiger charge is 2.29. The lowest BCUT2D eigenvalue weighted by molar-refractivity contribution is -0.0328. The number of thioether (sulfide) groups is 1. The lowest BCUT2D eigenvalue weighted by atomic mass is 10.1. The van der Waals surface area contributed by atoms with E-state index in [9.17, 15) is 18.3 Å². The molecule has 0 saturated heterocycles. The Bertz CT molecular complexity index is 555. The summed E-state index contributed by atoms with van der Waals surface area (Å²) in [6, 6.07) is 6.67. The zero-order chi connectivity index (χ0) is 14.0. The SMILES string of the molecule is N[C@@H](c1cccs1)c1cc(SC(F)(F)F)ccc1O. The van der Waals surface area contributed by atoms with Crippen LogP contribution < -0.4 is 5.73 Å². The van der Waals surface area contributed by atoms with E-state index < -0.39 is 11.6 Å². The van der Waals surface area contributed by atoms with Gasteiger partial charge in [0.25, 0.3) is 0 Å². The van der Waals surface area contributed by atoms with E-state index in [0.717, 1.165) is 4.88 Å². The molecule has 0 aliphatic heterocycles. The largest absolute Gasteiger partial charge is 0.508 e. The first-order chi connectivity index (χ1) is 8.87. The fourth-order valence-electron chi connectivity index (χ4n) is 1.60. The predicted molar refractivity (Wildman–Crippen MR) is 70.4 cm³/mol. The Morgan fingerprint density at radius 2 is 2.00 bits per heavy atom. The van der Waals surface area contributed by atoms with E-state index in [1.807, 2.05) is 5.38 Å². The molecule has 0 radical (unpaired) electrons. The molecule has 0 saturated carbocycles. The van der Waals surface area contributed by atoms with Crippen molar-refractivity contribution in [2.45, 2.75) is 16.4 Å². The summed E-state index contributed by atoms with van der Waals surface area (Å²) in [5.41, 5.74) is 1.88. The lowest BCUT2D eigenvalue weighted by Crippen LogP contribution is -2.10. The lowest BCUT2D eigenvalue weighted by Gasteiger charge is -2.14. The molecule has 2 aromatic rings. The molecule has 0 aliphatic rings. The van der Waals surface area contributed by atoms with Crippen molar-refractivity contribution in [1.29, 1.82) is 0 Å². The number of rotatable bonds is 3. The average Bonchev–Trinajstić information content (AvgIpc) is 2.82. The van der Waals surface area contributed by atoms with E-state index in [1.54, 1.807) is 12.1 Å². The van der Waals surface area contributed by atoms with Crippen LogP contribution in [0.15, 0.2) is 40.6 Å². The van der Waals surface area contributed by atoms with Crippen LogP contribution in [0.4, 0.5) is 13.2 Å². The number of hydrogen-bond acceptors (Lipinski definition) is 4. The molecular weight excluding hydrogens is 295 g/mol. The Morgan fingerprint density at radius 1 is 1.26 bits per heavy atom. The van der Waals surface area contributed by atoms with Crippen molar-refractivity contribution >= 4 is 23.1 Å². The molecule has 2 nitrogen and oxygen atoms in total. The van der Waals surface area contributed by atoms with Crippen molar-refractivity contribution in [1.82, 2.24) is 0 Å². The maximum atomic E-state index is 12.3. The molecule has 0 bridgehead atoms. The number of nitrogens with two attached hydrogens (primary N) is 1. The summed E-state index contributed by atoms with van der Waals surface area (Å²) < 4.78 is 37.0. The number of halogens is 3. The summed E-state index contributed by atoms with van der Waals surface area (Å²) in [5.74, 6) is -0.104. The zero-order valence-corrected chi connectivity index (χ0v) is 11.1. The molecule has 1 atom stereocenters. The van der Waals surface area contributed by atoms with E-state index in [0.29, 0.717) is 0 Å². The molecule has 3 N–H and O–H groups in total. The molecule has 1 aromatic carbocycles. The molecule has 1 aromatic heterocycles. The monoisotopic (exact) mass is 305 g/mol. The van der Waals surface area contributed by atoms with Gasteiger partial charge in [0.15, 0.2) is 0 Å². The van der Waals surface area contributed by atoms with E-state index >= 15 is 0 Å². The van der Waals surface area contributed by atoms with Gasteiger partial charge in [0.2, 0.25) is 0 Å². The van der Waals surface area contributed by atoms with E-state index in [2.05, 4.69) is 0 Å². The predicted octanol–water partition coefficient (Wildman–Crippen LogP) is 4.11. The Labute approximate surface area is 116 Å². The molecule has 0 spiro atoms. The number of phenolic OH excluding ortho intramolecular Hbond substituents is 1. The number of thiophene rings is 1. The van der Waals surface area contributed by atoms with Gasteiger partial charge in [-0.1, -0.05) is 6.07 Å². The number of hydrogen-bond donors (Lipinski definition) is 2. The number of benzene rings is 1. The number of aromatic hydroxyl groups is 1. The van der Waals surface area contributed by atoms with E-state index in [1.165, 1.54) is 29.5 Å². The van der Waals surface area contributed by atoms with E-state index in [4.69, 9.17) is 5.73 Å². The summed E-state index contributed by atoms with van der Waals surface area (Å²) in [6.45, 7) is 0. The Hall–Kier alpha value is -1.18. The average molecular weight is 305 g/mol. The van der Waals surface area contributed by atoms with Crippen LogP contribution in [-0.2, 0) is 0 Å². The van der Waals surface area contributed by atoms with Gasteiger partial charge in [-0.2, -0.15) is 13.2 Å². The Morgan fingerprint density at radius 3 is 2.58 bits per heavy atom. The summed E-state index contributed by atoms with van der Waals surface area (Å²) >= 11 is 1.16. The van der Waals surface area contributed by atoms with Crippen LogP contribution in [0.3, 0.4) is 0 Å². The van der Waals surface area contributed by atoms with Gasteiger partial charge >= 0.3 is 5.51 Å². The normalized spacial score (nSPS) is 13.5. The summed E-state index contributed by atoms with van der Waals surface area (Å²) in [4.78, 5) is 0.789. The van der Waals surface area contributed by atoms with Crippen molar-refractivity contribution in [3.8, 4) is 5.75 Å². The smallest absolute Gasteiger partial charge is 0.446 e. The molecule has 102 valence electrons. The third-order valence-electron chi connectivity index (χ3n) is 2.42. The van der Waals surface area contributed by atoms with Crippen LogP contribution in [0.25, 0.3) is 0 Å². The molecule has 19 heavy (non-hydrogen) atoms. The third kappa shape index (κ3) is 3.65. The van der Waals surface area contributed by atoms with Gasteiger partial charge in [-0.05, 0) is 41.4 Å². The van der Waals surface area contributed by atoms with Gasteiger partial charge in [-0.3, -0.25) is 0 Å². The zero-order valence-electron chi connectivity index (χ0n) is 9.52. The van der Waals surface area contributed by atoms with Crippen LogP contribution >= 0.6 is 23.1 Å². The second-order valence-electron chi connectivity index (χ2n) is 3.76. The quantitative estimate of drug-likeness (QED) is 0.839. The van der Waals surface area contributed by atoms with Gasteiger partial charge in [0, 0.05) is 15.3 Å². The molecule has 2 rings (SSSR count). The van der Waals surface area contributed by atoms with Gasteiger partial charge in [-0.25, -0.2) is 0 Å². The van der Waals surface area contributed by atoms with Gasteiger partial charge in [-0.15, -0.1) is 11.3 Å². The third-order valence-corrected chi connectivity index (χ3v) is 4.09. The van der Waals surface area contributed by atoms with Crippen molar-refractivity contribution in [3.05, 3.63) is 46.2 Å². The minimum absolute atomic E-state index is 0.00676. The van der Waals surface area contributed by atoms with Gasteiger partial charge in [0.05, 0.1) is 6.04 Å². The number of alkyl halides is 3.